The molecule has 1 N–H and O–H groups in total. The molecule has 15 heavy (non-hydrogen) atoms. The Labute approximate surface area is 86.1 Å². The highest BCUT2D eigenvalue weighted by atomic mass is 16.6. The van der Waals surface area contributed by atoms with Crippen LogP contribution in [0.2, 0.25) is 0 Å². The predicted molar refractivity (Wildman–Crippen MR) is 56.5 cm³/mol. The number of nitro benzene ring substituents is 1. The highest BCUT2D eigenvalue weighted by Gasteiger charge is 2.03. The van der Waals surface area contributed by atoms with Crippen LogP contribution in [0.15, 0.2) is 48.8 Å². The molecule has 2 aromatic rings. The minimum Gasteiger partial charge on any atom is -0.295 e. The summed E-state index contributed by atoms with van der Waals surface area (Å²) < 4.78 is 1.77. The molecule has 0 amide bonds. The van der Waals surface area contributed by atoms with E-state index in [1.165, 1.54) is 12.1 Å². The van der Waals surface area contributed by atoms with Crippen molar-refractivity contribution in [3.8, 4) is 0 Å². The van der Waals surface area contributed by atoms with Gasteiger partial charge >= 0.3 is 0 Å². The molecule has 0 saturated heterocycles. The normalized spacial score (nSPS) is 9.87. The van der Waals surface area contributed by atoms with Crippen LogP contribution < -0.4 is 5.43 Å². The number of non-ortho nitro benzene ring substituents is 1. The van der Waals surface area contributed by atoms with Gasteiger partial charge in [-0.05, 0) is 24.3 Å². The predicted octanol–water partition coefficient (Wildman–Crippen LogP) is 2.27. The summed E-state index contributed by atoms with van der Waals surface area (Å²) >= 11 is 0. The van der Waals surface area contributed by atoms with Gasteiger partial charge in [0.1, 0.15) is 0 Å². The third-order valence-corrected chi connectivity index (χ3v) is 1.94. The summed E-state index contributed by atoms with van der Waals surface area (Å²) in [4.78, 5) is 9.99. The Hall–Kier alpha value is -2.30. The lowest BCUT2D eigenvalue weighted by atomic mass is 10.3. The fourth-order valence-corrected chi connectivity index (χ4v) is 1.22. The molecule has 1 heterocycles. The van der Waals surface area contributed by atoms with E-state index in [1.54, 1.807) is 16.8 Å². The van der Waals surface area contributed by atoms with E-state index < -0.39 is 4.92 Å². The standard InChI is InChI=1S/C10H9N3O2/c14-13(15)10-5-3-9(4-6-10)11-12-7-1-2-8-12/h1-8,11H. The second kappa shape index (κ2) is 3.83. The number of hydrogen-bond donors (Lipinski definition) is 1. The summed E-state index contributed by atoms with van der Waals surface area (Å²) in [5.41, 5.74) is 3.94. The number of hydrogen-bond acceptors (Lipinski definition) is 3. The van der Waals surface area contributed by atoms with Gasteiger partial charge in [0.2, 0.25) is 0 Å². The van der Waals surface area contributed by atoms with Crippen molar-refractivity contribution in [2.45, 2.75) is 0 Å². The Kier molecular flexibility index (Phi) is 2.37. The van der Waals surface area contributed by atoms with Gasteiger partial charge < -0.3 is 0 Å². The fraction of sp³-hybridized carbons (Fsp3) is 0. The zero-order valence-electron chi connectivity index (χ0n) is 7.83. The van der Waals surface area contributed by atoms with Crippen molar-refractivity contribution in [1.29, 1.82) is 0 Å². The average Bonchev–Trinajstić information content (AvgIpc) is 2.71. The quantitative estimate of drug-likeness (QED) is 0.614. The molecule has 0 spiro atoms. The number of nitrogens with one attached hydrogen (secondary N) is 1. The first-order chi connectivity index (χ1) is 7.25. The van der Waals surface area contributed by atoms with Crippen LogP contribution in [0.3, 0.4) is 0 Å². The summed E-state index contributed by atoms with van der Waals surface area (Å²) in [6.45, 7) is 0. The van der Waals surface area contributed by atoms with Gasteiger partial charge in [-0.1, -0.05) is 0 Å². The summed E-state index contributed by atoms with van der Waals surface area (Å²) in [5, 5.41) is 10.4. The van der Waals surface area contributed by atoms with Crippen molar-refractivity contribution < 1.29 is 4.92 Å². The van der Waals surface area contributed by atoms with Crippen LogP contribution in [0.5, 0.6) is 0 Å². The third kappa shape index (κ3) is 2.14. The SMILES string of the molecule is O=[N+]([O-])c1ccc(Nn2cccc2)cc1. The molecule has 5 heteroatoms. The lowest BCUT2D eigenvalue weighted by Gasteiger charge is -2.06. The van der Waals surface area contributed by atoms with Gasteiger partial charge in [0.05, 0.1) is 10.6 Å². The molecular formula is C10H9N3O2. The van der Waals surface area contributed by atoms with E-state index in [0.29, 0.717) is 0 Å². The molecule has 0 fully saturated rings. The minimum absolute atomic E-state index is 0.0908. The van der Waals surface area contributed by atoms with Crippen LogP contribution in [0.25, 0.3) is 0 Å². The van der Waals surface area contributed by atoms with Crippen molar-refractivity contribution in [1.82, 2.24) is 4.68 Å². The smallest absolute Gasteiger partial charge is 0.269 e. The van der Waals surface area contributed by atoms with Crippen LogP contribution in [0.1, 0.15) is 0 Å². The molecule has 0 aliphatic rings. The molecule has 0 aliphatic carbocycles. The van der Waals surface area contributed by atoms with Gasteiger partial charge in [-0.3, -0.25) is 20.2 Å². The second-order valence-corrected chi connectivity index (χ2v) is 3.01. The lowest BCUT2D eigenvalue weighted by Crippen LogP contribution is -2.05. The number of nitro groups is 1. The first-order valence-corrected chi connectivity index (χ1v) is 4.40. The molecule has 0 unspecified atom stereocenters. The lowest BCUT2D eigenvalue weighted by molar-refractivity contribution is -0.384. The van der Waals surface area contributed by atoms with Crippen LogP contribution >= 0.6 is 0 Å². The van der Waals surface area contributed by atoms with E-state index in [9.17, 15) is 10.1 Å². The van der Waals surface area contributed by atoms with E-state index in [1.807, 2.05) is 24.5 Å². The molecule has 5 nitrogen and oxygen atoms in total. The maximum atomic E-state index is 10.4. The molecule has 0 saturated carbocycles. The number of nitrogens with zero attached hydrogens (tertiary/aromatic N) is 2. The number of benzene rings is 1. The largest absolute Gasteiger partial charge is 0.295 e. The zero-order valence-corrected chi connectivity index (χ0v) is 7.83. The Morgan fingerprint density at radius 3 is 2.27 bits per heavy atom. The maximum Gasteiger partial charge on any atom is 0.269 e. The summed E-state index contributed by atoms with van der Waals surface area (Å²) in [7, 11) is 0. The zero-order chi connectivity index (χ0) is 10.7. The number of aromatic nitrogens is 1. The van der Waals surface area contributed by atoms with Crippen molar-refractivity contribution in [2.75, 3.05) is 5.43 Å². The Balaban J connectivity index is 2.14. The third-order valence-electron chi connectivity index (χ3n) is 1.94. The molecule has 0 aliphatic heterocycles. The van der Waals surface area contributed by atoms with Crippen LogP contribution in [0.4, 0.5) is 11.4 Å². The number of anilines is 1. The van der Waals surface area contributed by atoms with E-state index in [2.05, 4.69) is 5.43 Å². The summed E-state index contributed by atoms with van der Waals surface area (Å²) in [6, 6.07) is 10.0. The minimum atomic E-state index is -0.417. The molecule has 0 bridgehead atoms. The molecule has 1 aromatic carbocycles. The van der Waals surface area contributed by atoms with Crippen LogP contribution in [0, 0.1) is 10.1 Å². The van der Waals surface area contributed by atoms with Gasteiger partial charge in [0.15, 0.2) is 0 Å². The van der Waals surface area contributed by atoms with Crippen LogP contribution in [-0.4, -0.2) is 9.60 Å². The monoisotopic (exact) mass is 203 g/mol. The summed E-state index contributed by atoms with van der Waals surface area (Å²) in [6.07, 6.45) is 3.70. The van der Waals surface area contributed by atoms with Gasteiger partial charge in [-0.15, -0.1) is 0 Å². The molecule has 2 rings (SSSR count). The maximum absolute atomic E-state index is 10.4. The Bertz CT molecular complexity index is 448. The van der Waals surface area contributed by atoms with Gasteiger partial charge in [0.25, 0.3) is 5.69 Å². The molecule has 0 radical (unpaired) electrons. The van der Waals surface area contributed by atoms with Gasteiger partial charge in [-0.25, -0.2) is 0 Å². The van der Waals surface area contributed by atoms with E-state index >= 15 is 0 Å². The summed E-state index contributed by atoms with van der Waals surface area (Å²) in [5.74, 6) is 0. The molecule has 1 aromatic heterocycles. The highest BCUT2D eigenvalue weighted by Crippen LogP contribution is 2.15. The number of rotatable bonds is 3. The fourth-order valence-electron chi connectivity index (χ4n) is 1.22. The highest BCUT2D eigenvalue weighted by molar-refractivity contribution is 5.48. The van der Waals surface area contributed by atoms with Crippen molar-refractivity contribution in [3.05, 3.63) is 58.9 Å². The topological polar surface area (TPSA) is 60.1 Å². The molecule has 76 valence electrons. The van der Waals surface area contributed by atoms with Gasteiger partial charge in [0, 0.05) is 24.5 Å². The van der Waals surface area contributed by atoms with Crippen LogP contribution in [-0.2, 0) is 0 Å². The second-order valence-electron chi connectivity index (χ2n) is 3.01. The van der Waals surface area contributed by atoms with Crippen molar-refractivity contribution >= 4 is 11.4 Å². The Morgan fingerprint density at radius 1 is 1.13 bits per heavy atom. The first-order valence-electron chi connectivity index (χ1n) is 4.40. The molecule has 0 atom stereocenters. The first kappa shape index (κ1) is 9.26. The molecular weight excluding hydrogens is 194 g/mol. The van der Waals surface area contributed by atoms with E-state index in [4.69, 9.17) is 0 Å². The van der Waals surface area contributed by atoms with Crippen molar-refractivity contribution in [3.63, 3.8) is 0 Å². The van der Waals surface area contributed by atoms with Gasteiger partial charge in [-0.2, -0.15) is 0 Å². The average molecular weight is 203 g/mol. The van der Waals surface area contributed by atoms with E-state index in [0.717, 1.165) is 5.69 Å². The van der Waals surface area contributed by atoms with Crippen molar-refractivity contribution in [2.24, 2.45) is 0 Å². The Morgan fingerprint density at radius 2 is 1.73 bits per heavy atom. The van der Waals surface area contributed by atoms with E-state index in [-0.39, 0.29) is 5.69 Å².